The van der Waals surface area contributed by atoms with E-state index in [4.69, 9.17) is 0 Å². The molecule has 0 saturated carbocycles. The summed E-state index contributed by atoms with van der Waals surface area (Å²) in [5, 5.41) is 9.36. The quantitative estimate of drug-likeness (QED) is 0.787. The first-order valence-electron chi connectivity index (χ1n) is 5.85. The van der Waals surface area contributed by atoms with Crippen LogP contribution in [-0.4, -0.2) is 35.1 Å². The molecule has 1 amide bonds. The number of aliphatic hydroxyl groups excluding tert-OH is 1. The number of amides is 1. The zero-order chi connectivity index (χ0) is 12.4. The van der Waals surface area contributed by atoms with Crippen LogP contribution in [-0.2, 0) is 0 Å². The van der Waals surface area contributed by atoms with Gasteiger partial charge in [0.05, 0.1) is 18.2 Å². The number of thiol groups is 1. The third-order valence-electron chi connectivity index (χ3n) is 3.46. The third-order valence-corrected chi connectivity index (χ3v) is 3.85. The molecule has 0 aromatic heterocycles. The molecule has 1 saturated heterocycles. The van der Waals surface area contributed by atoms with E-state index in [0.29, 0.717) is 22.9 Å². The van der Waals surface area contributed by atoms with Gasteiger partial charge >= 0.3 is 0 Å². The van der Waals surface area contributed by atoms with E-state index in [0.717, 1.165) is 6.42 Å². The summed E-state index contributed by atoms with van der Waals surface area (Å²) in [6.45, 7) is 2.82. The lowest BCUT2D eigenvalue weighted by molar-refractivity contribution is 0.0645. The van der Waals surface area contributed by atoms with Gasteiger partial charge in [-0.3, -0.25) is 4.79 Å². The second kappa shape index (κ2) is 5.10. The summed E-state index contributed by atoms with van der Waals surface area (Å²) in [5.74, 6) is 0.329. The van der Waals surface area contributed by atoms with Gasteiger partial charge in [0.2, 0.25) is 0 Å². The molecule has 1 fully saturated rings. The summed E-state index contributed by atoms with van der Waals surface area (Å²) >= 11 is 4.30. The molecule has 1 aliphatic heterocycles. The number of aliphatic hydroxyl groups is 1. The van der Waals surface area contributed by atoms with Gasteiger partial charge in [-0.05, 0) is 24.5 Å². The van der Waals surface area contributed by atoms with Crippen LogP contribution in [0.25, 0.3) is 0 Å². The minimum absolute atomic E-state index is 0.0287. The highest BCUT2D eigenvalue weighted by atomic mass is 32.1. The molecule has 1 aliphatic rings. The van der Waals surface area contributed by atoms with E-state index in [-0.39, 0.29) is 18.6 Å². The molecule has 2 rings (SSSR count). The maximum atomic E-state index is 12.3. The Hall–Kier alpha value is -1.00. The first-order chi connectivity index (χ1) is 8.15. The van der Waals surface area contributed by atoms with Crippen molar-refractivity contribution in [3.63, 3.8) is 0 Å². The topological polar surface area (TPSA) is 40.5 Å². The smallest absolute Gasteiger partial charge is 0.255 e. The van der Waals surface area contributed by atoms with E-state index >= 15 is 0 Å². The summed E-state index contributed by atoms with van der Waals surface area (Å²) in [6, 6.07) is 7.22. The fraction of sp³-hybridized carbons (Fsp3) is 0.462. The predicted molar refractivity (Wildman–Crippen MR) is 69.4 cm³/mol. The molecule has 0 spiro atoms. The lowest BCUT2D eigenvalue weighted by Gasteiger charge is -2.25. The maximum Gasteiger partial charge on any atom is 0.255 e. The fourth-order valence-corrected chi connectivity index (χ4v) is 2.60. The Labute approximate surface area is 107 Å². The van der Waals surface area contributed by atoms with E-state index in [1.165, 1.54) is 0 Å². The van der Waals surface area contributed by atoms with E-state index in [1.54, 1.807) is 11.0 Å². The molecule has 1 aromatic carbocycles. The molecule has 92 valence electrons. The molecule has 1 heterocycles. The minimum Gasteiger partial charge on any atom is -0.394 e. The number of rotatable bonds is 2. The average Bonchev–Trinajstić information content (AvgIpc) is 2.70. The second-order valence-corrected chi connectivity index (χ2v) is 5.01. The van der Waals surface area contributed by atoms with Crippen molar-refractivity contribution in [2.45, 2.75) is 24.3 Å². The van der Waals surface area contributed by atoms with Crippen LogP contribution >= 0.6 is 12.6 Å². The molecule has 0 aliphatic carbocycles. The number of benzene rings is 1. The molecule has 0 radical (unpaired) electrons. The van der Waals surface area contributed by atoms with Crippen LogP contribution < -0.4 is 0 Å². The normalized spacial score (nSPS) is 24.1. The minimum atomic E-state index is -0.0598. The molecule has 17 heavy (non-hydrogen) atoms. The van der Waals surface area contributed by atoms with Crippen LogP contribution in [0, 0.1) is 5.92 Å². The summed E-state index contributed by atoms with van der Waals surface area (Å²) in [4.78, 5) is 14.8. The van der Waals surface area contributed by atoms with Crippen LogP contribution in [0.3, 0.4) is 0 Å². The number of carbonyl (C=O) groups excluding carboxylic acids is 1. The molecule has 2 unspecified atom stereocenters. The van der Waals surface area contributed by atoms with Gasteiger partial charge in [0.25, 0.3) is 5.91 Å². The van der Waals surface area contributed by atoms with Crippen molar-refractivity contribution in [3.05, 3.63) is 29.8 Å². The largest absolute Gasteiger partial charge is 0.394 e. The Morgan fingerprint density at radius 1 is 1.53 bits per heavy atom. The Bertz CT molecular complexity index is 422. The Morgan fingerprint density at radius 3 is 2.88 bits per heavy atom. The van der Waals surface area contributed by atoms with Crippen LogP contribution in [0.15, 0.2) is 29.2 Å². The second-order valence-electron chi connectivity index (χ2n) is 4.53. The highest BCUT2D eigenvalue weighted by Crippen LogP contribution is 2.26. The summed E-state index contributed by atoms with van der Waals surface area (Å²) < 4.78 is 0. The Kier molecular flexibility index (Phi) is 3.74. The molecule has 4 heteroatoms. The number of hydrogen-bond donors (Lipinski definition) is 2. The van der Waals surface area contributed by atoms with Gasteiger partial charge in [-0.15, -0.1) is 12.6 Å². The summed E-state index contributed by atoms with van der Waals surface area (Å²) in [7, 11) is 0. The van der Waals surface area contributed by atoms with Gasteiger partial charge in [0.1, 0.15) is 0 Å². The van der Waals surface area contributed by atoms with Crippen molar-refractivity contribution >= 4 is 18.5 Å². The predicted octanol–water partition coefficient (Wildman–Crippen LogP) is 1.82. The Morgan fingerprint density at radius 2 is 2.24 bits per heavy atom. The SMILES string of the molecule is CC1CCN(C(=O)c2ccccc2S)C1CO. The molecule has 3 nitrogen and oxygen atoms in total. The highest BCUT2D eigenvalue weighted by Gasteiger charge is 2.34. The molecular weight excluding hydrogens is 234 g/mol. The monoisotopic (exact) mass is 251 g/mol. The van der Waals surface area contributed by atoms with Gasteiger partial charge in [0, 0.05) is 11.4 Å². The molecule has 0 bridgehead atoms. The highest BCUT2D eigenvalue weighted by molar-refractivity contribution is 7.80. The molecular formula is C13H17NO2S. The van der Waals surface area contributed by atoms with Crippen molar-refractivity contribution in [2.24, 2.45) is 5.92 Å². The number of carbonyl (C=O) groups is 1. The zero-order valence-corrected chi connectivity index (χ0v) is 10.7. The van der Waals surface area contributed by atoms with E-state index in [9.17, 15) is 9.90 Å². The summed E-state index contributed by atoms with van der Waals surface area (Å²) in [5.41, 5.74) is 0.614. The first-order valence-corrected chi connectivity index (χ1v) is 6.29. The first kappa shape index (κ1) is 12.5. The van der Waals surface area contributed by atoms with Crippen molar-refractivity contribution < 1.29 is 9.90 Å². The summed E-state index contributed by atoms with van der Waals surface area (Å²) in [6.07, 6.45) is 0.950. The van der Waals surface area contributed by atoms with Crippen molar-refractivity contribution in [1.29, 1.82) is 0 Å². The standard InChI is InChI=1S/C13H17NO2S/c1-9-6-7-14(11(9)8-15)13(16)10-4-2-3-5-12(10)17/h2-5,9,11,15,17H,6-8H2,1H3. The molecule has 1 N–H and O–H groups in total. The third kappa shape index (κ3) is 2.33. The van der Waals surface area contributed by atoms with Crippen molar-refractivity contribution in [1.82, 2.24) is 4.90 Å². The van der Waals surface area contributed by atoms with Crippen LogP contribution in [0.4, 0.5) is 0 Å². The van der Waals surface area contributed by atoms with E-state index in [2.05, 4.69) is 19.6 Å². The number of nitrogens with zero attached hydrogens (tertiary/aromatic N) is 1. The Balaban J connectivity index is 2.24. The fourth-order valence-electron chi connectivity index (χ4n) is 2.35. The van der Waals surface area contributed by atoms with Gasteiger partial charge < -0.3 is 10.0 Å². The molecule has 2 atom stereocenters. The lowest BCUT2D eigenvalue weighted by Crippen LogP contribution is -2.39. The zero-order valence-electron chi connectivity index (χ0n) is 9.84. The van der Waals surface area contributed by atoms with Crippen LogP contribution in [0.1, 0.15) is 23.7 Å². The van der Waals surface area contributed by atoms with Gasteiger partial charge in [-0.1, -0.05) is 19.1 Å². The number of hydrogen-bond acceptors (Lipinski definition) is 3. The lowest BCUT2D eigenvalue weighted by atomic mass is 10.0. The van der Waals surface area contributed by atoms with Gasteiger partial charge in [-0.2, -0.15) is 0 Å². The van der Waals surface area contributed by atoms with Gasteiger partial charge in [0.15, 0.2) is 0 Å². The maximum absolute atomic E-state index is 12.3. The van der Waals surface area contributed by atoms with Crippen molar-refractivity contribution in [2.75, 3.05) is 13.2 Å². The van der Waals surface area contributed by atoms with Crippen molar-refractivity contribution in [3.8, 4) is 0 Å². The van der Waals surface area contributed by atoms with Crippen LogP contribution in [0.2, 0.25) is 0 Å². The van der Waals surface area contributed by atoms with E-state index < -0.39 is 0 Å². The van der Waals surface area contributed by atoms with Gasteiger partial charge in [-0.25, -0.2) is 0 Å². The van der Waals surface area contributed by atoms with Crippen LogP contribution in [0.5, 0.6) is 0 Å². The average molecular weight is 251 g/mol. The van der Waals surface area contributed by atoms with E-state index in [1.807, 2.05) is 18.2 Å². The molecule has 1 aromatic rings. The number of likely N-dealkylation sites (tertiary alicyclic amines) is 1.